The number of amides is 2. The molecule has 0 saturated heterocycles. The van der Waals surface area contributed by atoms with Crippen LogP contribution in [0.25, 0.3) is 0 Å². The number of hydrogen-bond donors (Lipinski definition) is 3. The van der Waals surface area contributed by atoms with Crippen LogP contribution in [0.4, 0.5) is 17.1 Å². The highest BCUT2D eigenvalue weighted by Crippen LogP contribution is 2.27. The first-order chi connectivity index (χ1) is 11.9. The lowest BCUT2D eigenvalue weighted by Gasteiger charge is -2.17. The summed E-state index contributed by atoms with van der Waals surface area (Å²) in [7, 11) is 0. The minimum atomic E-state index is -0.129. The van der Waals surface area contributed by atoms with Gasteiger partial charge >= 0.3 is 0 Å². The standard InChI is InChI=1S/C20H25N3O2/c1-13(2)18-10-5-7-14(3)20(18)23-19(25)12-21-16-8-6-9-17(11-16)22-15(4)24/h5-11,13,21H,12H2,1-4H3,(H,22,24)(H,23,25). The zero-order valence-electron chi connectivity index (χ0n) is 15.1. The fourth-order valence-corrected chi connectivity index (χ4v) is 2.62. The Morgan fingerprint density at radius 2 is 1.68 bits per heavy atom. The van der Waals surface area contributed by atoms with E-state index in [1.54, 1.807) is 12.1 Å². The molecule has 2 aromatic carbocycles. The zero-order chi connectivity index (χ0) is 18.4. The van der Waals surface area contributed by atoms with E-state index in [-0.39, 0.29) is 18.4 Å². The number of hydrogen-bond acceptors (Lipinski definition) is 3. The first-order valence-electron chi connectivity index (χ1n) is 8.37. The number of carbonyl (C=O) groups is 2. The van der Waals surface area contributed by atoms with Gasteiger partial charge in [0.05, 0.1) is 6.54 Å². The van der Waals surface area contributed by atoms with E-state index in [0.29, 0.717) is 11.6 Å². The van der Waals surface area contributed by atoms with Gasteiger partial charge in [0.1, 0.15) is 0 Å². The van der Waals surface area contributed by atoms with Crippen LogP contribution in [0.3, 0.4) is 0 Å². The van der Waals surface area contributed by atoms with Crippen molar-refractivity contribution in [2.45, 2.75) is 33.6 Å². The molecular weight excluding hydrogens is 314 g/mol. The molecule has 0 fully saturated rings. The predicted molar refractivity (Wildman–Crippen MR) is 103 cm³/mol. The minimum Gasteiger partial charge on any atom is -0.376 e. The third kappa shape index (κ3) is 5.35. The second kappa shape index (κ2) is 8.33. The van der Waals surface area contributed by atoms with E-state index in [1.165, 1.54) is 6.92 Å². The molecule has 0 aromatic heterocycles. The molecule has 25 heavy (non-hydrogen) atoms. The average Bonchev–Trinajstić information content (AvgIpc) is 2.54. The number of carbonyl (C=O) groups excluding carboxylic acids is 2. The van der Waals surface area contributed by atoms with Crippen LogP contribution in [0.1, 0.15) is 37.8 Å². The number of anilines is 3. The minimum absolute atomic E-state index is 0.110. The molecule has 0 unspecified atom stereocenters. The summed E-state index contributed by atoms with van der Waals surface area (Å²) in [6, 6.07) is 13.3. The SMILES string of the molecule is CC(=O)Nc1cccc(NCC(=O)Nc2c(C)cccc2C(C)C)c1. The summed E-state index contributed by atoms with van der Waals surface area (Å²) in [6.45, 7) is 7.82. The van der Waals surface area contributed by atoms with Gasteiger partial charge in [-0.2, -0.15) is 0 Å². The van der Waals surface area contributed by atoms with E-state index in [0.717, 1.165) is 22.5 Å². The summed E-state index contributed by atoms with van der Waals surface area (Å²) < 4.78 is 0. The van der Waals surface area contributed by atoms with Crippen LogP contribution in [-0.2, 0) is 9.59 Å². The molecule has 2 rings (SSSR count). The second-order valence-electron chi connectivity index (χ2n) is 6.36. The number of rotatable bonds is 6. The molecule has 0 saturated carbocycles. The van der Waals surface area contributed by atoms with Crippen LogP contribution in [0, 0.1) is 6.92 Å². The summed E-state index contributed by atoms with van der Waals surface area (Å²) in [5, 5.41) is 8.81. The molecule has 3 N–H and O–H groups in total. The largest absolute Gasteiger partial charge is 0.376 e. The van der Waals surface area contributed by atoms with Crippen molar-refractivity contribution in [3.8, 4) is 0 Å². The van der Waals surface area contributed by atoms with E-state index in [9.17, 15) is 9.59 Å². The van der Waals surface area contributed by atoms with Crippen molar-refractivity contribution >= 4 is 28.9 Å². The van der Waals surface area contributed by atoms with Crippen molar-refractivity contribution in [2.24, 2.45) is 0 Å². The van der Waals surface area contributed by atoms with Crippen molar-refractivity contribution in [3.63, 3.8) is 0 Å². The van der Waals surface area contributed by atoms with Crippen molar-refractivity contribution < 1.29 is 9.59 Å². The second-order valence-corrected chi connectivity index (χ2v) is 6.36. The highest BCUT2D eigenvalue weighted by molar-refractivity contribution is 5.95. The number of aryl methyl sites for hydroxylation is 1. The third-order valence-electron chi connectivity index (χ3n) is 3.83. The third-order valence-corrected chi connectivity index (χ3v) is 3.83. The van der Waals surface area contributed by atoms with Crippen LogP contribution >= 0.6 is 0 Å². The predicted octanol–water partition coefficient (Wildman–Crippen LogP) is 4.13. The maximum atomic E-state index is 12.3. The first kappa shape index (κ1) is 18.5. The van der Waals surface area contributed by atoms with Gasteiger partial charge < -0.3 is 16.0 Å². The molecule has 0 bridgehead atoms. The smallest absolute Gasteiger partial charge is 0.243 e. The quantitative estimate of drug-likeness (QED) is 0.741. The molecule has 0 aliphatic rings. The van der Waals surface area contributed by atoms with E-state index in [2.05, 4.69) is 29.8 Å². The summed E-state index contributed by atoms with van der Waals surface area (Å²) in [6.07, 6.45) is 0. The van der Waals surface area contributed by atoms with Gasteiger partial charge in [0.25, 0.3) is 0 Å². The molecule has 0 aliphatic heterocycles. The molecule has 0 aliphatic carbocycles. The maximum absolute atomic E-state index is 12.3. The monoisotopic (exact) mass is 339 g/mol. The molecule has 132 valence electrons. The van der Waals surface area contributed by atoms with Gasteiger partial charge in [-0.1, -0.05) is 38.1 Å². The Morgan fingerprint density at radius 1 is 1.00 bits per heavy atom. The topological polar surface area (TPSA) is 70.2 Å². The van der Waals surface area contributed by atoms with Gasteiger partial charge in [-0.3, -0.25) is 9.59 Å². The Hall–Kier alpha value is -2.82. The molecule has 0 spiro atoms. The number of para-hydroxylation sites is 1. The van der Waals surface area contributed by atoms with Crippen LogP contribution in [-0.4, -0.2) is 18.4 Å². The van der Waals surface area contributed by atoms with E-state index in [4.69, 9.17) is 0 Å². The molecule has 0 atom stereocenters. The lowest BCUT2D eigenvalue weighted by molar-refractivity contribution is -0.115. The molecule has 0 heterocycles. The summed E-state index contributed by atoms with van der Waals surface area (Å²) in [5.41, 5.74) is 4.53. The Morgan fingerprint density at radius 3 is 2.36 bits per heavy atom. The number of nitrogens with one attached hydrogen (secondary N) is 3. The maximum Gasteiger partial charge on any atom is 0.243 e. The van der Waals surface area contributed by atoms with Crippen molar-refractivity contribution in [2.75, 3.05) is 22.5 Å². The Bertz CT molecular complexity index is 769. The van der Waals surface area contributed by atoms with Gasteiger partial charge in [0.15, 0.2) is 0 Å². The van der Waals surface area contributed by atoms with Crippen LogP contribution < -0.4 is 16.0 Å². The fourth-order valence-electron chi connectivity index (χ4n) is 2.62. The summed E-state index contributed by atoms with van der Waals surface area (Å²) >= 11 is 0. The molecule has 2 amide bonds. The molecular formula is C20H25N3O2. The van der Waals surface area contributed by atoms with E-state index in [1.807, 2.05) is 37.3 Å². The average molecular weight is 339 g/mol. The summed E-state index contributed by atoms with van der Waals surface area (Å²) in [5.74, 6) is 0.0919. The highest BCUT2D eigenvalue weighted by atomic mass is 16.2. The van der Waals surface area contributed by atoms with E-state index < -0.39 is 0 Å². The first-order valence-corrected chi connectivity index (χ1v) is 8.37. The lowest BCUT2D eigenvalue weighted by Crippen LogP contribution is -2.23. The van der Waals surface area contributed by atoms with Crippen LogP contribution in [0.2, 0.25) is 0 Å². The van der Waals surface area contributed by atoms with Crippen molar-refractivity contribution in [1.29, 1.82) is 0 Å². The van der Waals surface area contributed by atoms with Crippen LogP contribution in [0.5, 0.6) is 0 Å². The Balaban J connectivity index is 2.01. The van der Waals surface area contributed by atoms with Gasteiger partial charge in [-0.25, -0.2) is 0 Å². The summed E-state index contributed by atoms with van der Waals surface area (Å²) in [4.78, 5) is 23.4. The fraction of sp³-hybridized carbons (Fsp3) is 0.300. The normalized spacial score (nSPS) is 10.4. The molecule has 5 nitrogen and oxygen atoms in total. The number of benzene rings is 2. The van der Waals surface area contributed by atoms with Crippen molar-refractivity contribution in [1.82, 2.24) is 0 Å². The Kier molecular flexibility index (Phi) is 6.17. The highest BCUT2D eigenvalue weighted by Gasteiger charge is 2.12. The Labute approximate surface area is 148 Å². The zero-order valence-corrected chi connectivity index (χ0v) is 15.1. The van der Waals surface area contributed by atoms with Crippen LogP contribution in [0.15, 0.2) is 42.5 Å². The van der Waals surface area contributed by atoms with Gasteiger partial charge in [-0.05, 0) is 42.2 Å². The van der Waals surface area contributed by atoms with E-state index >= 15 is 0 Å². The molecule has 2 aromatic rings. The van der Waals surface area contributed by atoms with Gasteiger partial charge in [0.2, 0.25) is 11.8 Å². The molecule has 5 heteroatoms. The lowest BCUT2D eigenvalue weighted by atomic mass is 9.98. The van der Waals surface area contributed by atoms with Crippen molar-refractivity contribution in [3.05, 3.63) is 53.6 Å². The van der Waals surface area contributed by atoms with Gasteiger partial charge in [-0.15, -0.1) is 0 Å². The van der Waals surface area contributed by atoms with Gasteiger partial charge in [0, 0.05) is 24.0 Å². The molecule has 0 radical (unpaired) electrons.